The largest absolute Gasteiger partial charge is 0.309 e. The maximum Gasteiger partial charge on any atom is 0.160 e. The van der Waals surface area contributed by atoms with E-state index in [9.17, 15) is 0 Å². The highest BCUT2D eigenvalue weighted by Gasteiger charge is 2.24. The third-order valence-electron chi connectivity index (χ3n) is 26.3. The molecule has 0 fully saturated rings. The van der Waals surface area contributed by atoms with Crippen LogP contribution in [0.15, 0.2) is 479 Å². The lowest BCUT2D eigenvalue weighted by atomic mass is 9.91. The molecule has 8 heteroatoms. The van der Waals surface area contributed by atoms with E-state index >= 15 is 0 Å². The lowest BCUT2D eigenvalue weighted by molar-refractivity contribution is 1.18. The fourth-order valence-corrected chi connectivity index (χ4v) is 21.1. The maximum atomic E-state index is 5.68. The molecule has 0 radical (unpaired) electrons. The van der Waals surface area contributed by atoms with Crippen molar-refractivity contribution in [2.24, 2.45) is 0 Å². The van der Waals surface area contributed by atoms with Gasteiger partial charge < -0.3 is 4.57 Å². The van der Waals surface area contributed by atoms with Gasteiger partial charge in [-0.25, -0.2) is 29.9 Å². The van der Waals surface area contributed by atoms with E-state index in [0.29, 0.717) is 11.6 Å². The number of para-hydroxylation sites is 4. The van der Waals surface area contributed by atoms with Gasteiger partial charge in [-0.2, -0.15) is 0 Å². The number of pyridine rings is 2. The van der Waals surface area contributed by atoms with E-state index in [1.807, 2.05) is 84.1 Å². The molecule has 0 N–H and O–H groups in total. The van der Waals surface area contributed by atoms with E-state index < -0.39 is 0 Å². The smallest absolute Gasteiger partial charge is 0.160 e. The van der Waals surface area contributed by atoms with Gasteiger partial charge in [-0.05, 0) is 121 Å². The molecule has 20 aromatic carbocycles. The molecular formula is C126H79N7S. The molecule has 0 aliphatic heterocycles. The number of hydrogen-bond donors (Lipinski definition) is 0. The van der Waals surface area contributed by atoms with Gasteiger partial charge in [-0.15, -0.1) is 11.3 Å². The highest BCUT2D eigenvalue weighted by molar-refractivity contribution is 7.26. The molecule has 0 unspecified atom stereocenters. The molecule has 26 rings (SSSR count). The van der Waals surface area contributed by atoms with E-state index in [1.165, 1.54) is 85.4 Å². The molecule has 0 bridgehead atoms. The van der Waals surface area contributed by atoms with E-state index in [0.717, 1.165) is 161 Å². The summed E-state index contributed by atoms with van der Waals surface area (Å²) in [6, 6.07) is 171. The van der Waals surface area contributed by atoms with Crippen molar-refractivity contribution in [3.8, 4) is 152 Å². The molecule has 0 spiro atoms. The van der Waals surface area contributed by atoms with Crippen molar-refractivity contribution in [3.05, 3.63) is 479 Å². The van der Waals surface area contributed by atoms with Crippen molar-refractivity contribution in [2.45, 2.75) is 0 Å². The van der Waals surface area contributed by atoms with Crippen molar-refractivity contribution < 1.29 is 0 Å². The zero-order valence-electron chi connectivity index (χ0n) is 72.6. The lowest BCUT2D eigenvalue weighted by Crippen LogP contribution is -1.96. The minimum atomic E-state index is 0.691. The first-order chi connectivity index (χ1) is 66.4. The van der Waals surface area contributed by atoms with Gasteiger partial charge in [-0.3, -0.25) is 0 Å². The van der Waals surface area contributed by atoms with Crippen LogP contribution < -0.4 is 0 Å². The summed E-state index contributed by atoms with van der Waals surface area (Å²) in [5.74, 6) is 1.38. The molecule has 0 saturated carbocycles. The SMILES string of the molecule is c1ccc(-c2cc(-c3ccccc3)nc(-c3ccc(-c4cccc(-c5nc6c(-c7ccc(-c8cccc9c8sc8ccccc89)cc7)cccc6c6c5ccc5ccccc56)c4)cc3)n2)cc1.c1ccc(-c2cc(-c3ccccc3)nc(-c3ccc(-c4cccc(-c5nc6c(-c7cccc(-n8c9ccccc9c9ccccc98)c7)cccc6c6c5ccc5ccccc56)c4)cc3)n2)cc1. The van der Waals surface area contributed by atoms with Gasteiger partial charge in [0.25, 0.3) is 0 Å². The summed E-state index contributed by atoms with van der Waals surface area (Å²) in [4.78, 5) is 31.6. The average Bonchev–Trinajstić information content (AvgIpc) is 1.73. The monoisotopic (exact) mass is 1720 g/mol. The summed E-state index contributed by atoms with van der Waals surface area (Å²) < 4.78 is 5.02. The van der Waals surface area contributed by atoms with Crippen LogP contribution >= 0.6 is 11.3 Å². The van der Waals surface area contributed by atoms with Crippen LogP contribution in [-0.2, 0) is 0 Å². The van der Waals surface area contributed by atoms with Crippen molar-refractivity contribution in [1.82, 2.24) is 34.5 Å². The van der Waals surface area contributed by atoms with Crippen LogP contribution in [0.3, 0.4) is 0 Å². The second-order valence-electron chi connectivity index (χ2n) is 34.2. The number of fused-ring (bicyclic) bond motifs is 16. The number of nitrogens with zero attached hydrogens (tertiary/aromatic N) is 7. The van der Waals surface area contributed by atoms with Crippen LogP contribution in [0.2, 0.25) is 0 Å². The van der Waals surface area contributed by atoms with Gasteiger partial charge in [-0.1, -0.05) is 425 Å². The first-order valence-electron chi connectivity index (χ1n) is 45.4. The predicted molar refractivity (Wildman–Crippen MR) is 563 cm³/mol. The number of benzene rings is 20. The molecule has 624 valence electrons. The Morgan fingerprint density at radius 1 is 0.179 bits per heavy atom. The average molecular weight is 1720 g/mol. The molecule has 134 heavy (non-hydrogen) atoms. The van der Waals surface area contributed by atoms with Gasteiger partial charge in [0.2, 0.25) is 0 Å². The second kappa shape index (κ2) is 33.5. The van der Waals surface area contributed by atoms with Crippen LogP contribution in [0.5, 0.6) is 0 Å². The Balaban J connectivity index is 0.000000143. The van der Waals surface area contributed by atoms with Crippen molar-refractivity contribution in [1.29, 1.82) is 0 Å². The third kappa shape index (κ3) is 14.3. The molecule has 0 amide bonds. The van der Waals surface area contributed by atoms with Crippen LogP contribution in [-0.4, -0.2) is 34.5 Å². The van der Waals surface area contributed by atoms with Gasteiger partial charge in [0.15, 0.2) is 11.6 Å². The highest BCUT2D eigenvalue weighted by Crippen LogP contribution is 2.47. The van der Waals surface area contributed by atoms with Gasteiger partial charge in [0.1, 0.15) is 0 Å². The van der Waals surface area contributed by atoms with Crippen molar-refractivity contribution >= 4 is 118 Å². The number of thiophene rings is 1. The Bertz CT molecular complexity index is 8920. The van der Waals surface area contributed by atoms with Crippen molar-refractivity contribution in [2.75, 3.05) is 0 Å². The summed E-state index contributed by atoms with van der Waals surface area (Å²) in [7, 11) is 0. The minimum absolute atomic E-state index is 0.691. The van der Waals surface area contributed by atoms with E-state index in [4.69, 9.17) is 29.9 Å². The highest BCUT2D eigenvalue weighted by atomic mass is 32.1. The maximum absolute atomic E-state index is 5.68. The van der Waals surface area contributed by atoms with E-state index in [1.54, 1.807) is 0 Å². The fraction of sp³-hybridized carbons (Fsp3) is 0. The van der Waals surface area contributed by atoms with Crippen LogP contribution in [0.1, 0.15) is 0 Å². The van der Waals surface area contributed by atoms with E-state index in [2.05, 4.69) is 411 Å². The zero-order chi connectivity index (χ0) is 88.5. The van der Waals surface area contributed by atoms with Crippen LogP contribution in [0.25, 0.3) is 259 Å². The van der Waals surface area contributed by atoms with Crippen LogP contribution in [0.4, 0.5) is 0 Å². The van der Waals surface area contributed by atoms with E-state index in [-0.39, 0.29) is 0 Å². The molecule has 0 atom stereocenters. The Kier molecular flexibility index (Phi) is 19.7. The molecule has 6 aromatic heterocycles. The normalized spacial score (nSPS) is 11.6. The summed E-state index contributed by atoms with van der Waals surface area (Å²) in [6.45, 7) is 0. The van der Waals surface area contributed by atoms with Crippen LogP contribution in [0, 0.1) is 0 Å². The zero-order valence-corrected chi connectivity index (χ0v) is 73.5. The fourth-order valence-electron chi connectivity index (χ4n) is 19.8. The summed E-state index contributed by atoms with van der Waals surface area (Å²) >= 11 is 1.87. The Labute approximate surface area is 777 Å². The second-order valence-corrected chi connectivity index (χ2v) is 35.3. The molecule has 0 aliphatic carbocycles. The first kappa shape index (κ1) is 78.7. The molecule has 7 nitrogen and oxygen atoms in total. The number of aromatic nitrogens is 7. The third-order valence-corrected chi connectivity index (χ3v) is 27.5. The number of rotatable bonds is 14. The first-order valence-corrected chi connectivity index (χ1v) is 46.2. The molecule has 26 aromatic rings. The molecular weight excluding hydrogens is 1640 g/mol. The predicted octanol–water partition coefficient (Wildman–Crippen LogP) is 33.8. The Morgan fingerprint density at radius 2 is 0.515 bits per heavy atom. The lowest BCUT2D eigenvalue weighted by Gasteiger charge is -2.16. The standard InChI is InChI=1S/C63H40N4.C63H39N3S/c1-3-17-43(18-4-1)56-40-57(44-19-5-2-6-20-44)65-63(64-56)45-34-32-41(33-35-45)46-21-13-23-48(38-46)61-55-37-36-42-16-7-8-25-50(42)60(55)54-29-15-28-51(62(54)66-61)47-22-14-24-49(39-47)67-58-30-11-9-26-52(58)53-27-10-12-31-59(53)67;1-3-15-44(16-4-1)56-39-57(45-17-5-2-6-18-45)65-63(64-56)46-34-28-40(29-35-46)47-19-11-20-48(38-47)60-55-37-36-41-14-7-8-21-49(41)59(55)54-26-12-23-50(61(54)66-60)42-30-32-43(33-31-42)51-24-13-25-53-52-22-9-10-27-58(52)67-62(51)53/h1-40H;1-39H. The molecule has 0 saturated heterocycles. The summed E-state index contributed by atoms with van der Waals surface area (Å²) in [5, 5.41) is 16.9. The van der Waals surface area contributed by atoms with Gasteiger partial charge in [0, 0.05) is 125 Å². The topological polar surface area (TPSA) is 82.3 Å². The quantitative estimate of drug-likeness (QED) is 0.101. The molecule has 0 aliphatic rings. The Morgan fingerprint density at radius 3 is 0.985 bits per heavy atom. The van der Waals surface area contributed by atoms with Crippen molar-refractivity contribution in [3.63, 3.8) is 0 Å². The summed E-state index contributed by atoms with van der Waals surface area (Å²) in [5.41, 5.74) is 30.6. The Hall–Kier alpha value is -17.6. The molecule has 6 heterocycles. The summed E-state index contributed by atoms with van der Waals surface area (Å²) in [6.07, 6.45) is 0. The van der Waals surface area contributed by atoms with Gasteiger partial charge >= 0.3 is 0 Å². The number of hydrogen-bond acceptors (Lipinski definition) is 7. The minimum Gasteiger partial charge on any atom is -0.309 e. The van der Waals surface area contributed by atoms with Gasteiger partial charge in [0.05, 0.1) is 56.2 Å².